The van der Waals surface area contributed by atoms with Crippen molar-refractivity contribution >= 4 is 5.97 Å². The first kappa shape index (κ1) is 9.73. The van der Waals surface area contributed by atoms with E-state index in [0.29, 0.717) is 6.42 Å². The van der Waals surface area contributed by atoms with Crippen LogP contribution in [0.1, 0.15) is 17.0 Å². The average molecular weight is 183 g/mol. The van der Waals surface area contributed by atoms with Crippen molar-refractivity contribution in [1.82, 2.24) is 10.2 Å². The Labute approximate surface area is 75.9 Å². The summed E-state index contributed by atoms with van der Waals surface area (Å²) in [6, 6.07) is -0.852. The molecule has 1 heterocycles. The van der Waals surface area contributed by atoms with Gasteiger partial charge < -0.3 is 10.8 Å². The van der Waals surface area contributed by atoms with Gasteiger partial charge in [0.2, 0.25) is 0 Å². The second-order valence-corrected chi connectivity index (χ2v) is 3.06. The van der Waals surface area contributed by atoms with Crippen LogP contribution in [0.4, 0.5) is 0 Å². The molecule has 0 radical (unpaired) electrons. The molecule has 5 nitrogen and oxygen atoms in total. The highest BCUT2D eigenvalue weighted by molar-refractivity contribution is 5.73. The smallest absolute Gasteiger partial charge is 0.320 e. The molecule has 0 spiro atoms. The molecule has 1 rings (SSSR count). The first-order valence-corrected chi connectivity index (χ1v) is 4.01. The van der Waals surface area contributed by atoms with Crippen LogP contribution in [0.2, 0.25) is 0 Å². The molecule has 0 fully saturated rings. The Bertz CT molecular complexity index is 300. The molecule has 5 heteroatoms. The summed E-state index contributed by atoms with van der Waals surface area (Å²) in [5.41, 5.74) is 8.00. The number of nitrogens with zero attached hydrogens (tertiary/aromatic N) is 1. The summed E-state index contributed by atoms with van der Waals surface area (Å²) in [4.78, 5) is 10.5. The Kier molecular flexibility index (Phi) is 2.67. The largest absolute Gasteiger partial charge is 0.480 e. The van der Waals surface area contributed by atoms with Crippen LogP contribution in [-0.4, -0.2) is 27.3 Å². The molecule has 0 amide bonds. The zero-order chi connectivity index (χ0) is 10.0. The van der Waals surface area contributed by atoms with E-state index in [0.717, 1.165) is 17.0 Å². The van der Waals surface area contributed by atoms with Crippen molar-refractivity contribution in [3.63, 3.8) is 0 Å². The van der Waals surface area contributed by atoms with E-state index in [2.05, 4.69) is 10.2 Å². The van der Waals surface area contributed by atoms with Crippen LogP contribution in [0.5, 0.6) is 0 Å². The third-order valence-electron chi connectivity index (χ3n) is 2.02. The molecule has 0 aliphatic rings. The maximum Gasteiger partial charge on any atom is 0.320 e. The highest BCUT2D eigenvalue weighted by Gasteiger charge is 2.16. The minimum absolute atomic E-state index is 0.323. The van der Waals surface area contributed by atoms with E-state index in [1.165, 1.54) is 0 Å². The maximum atomic E-state index is 10.5. The van der Waals surface area contributed by atoms with Gasteiger partial charge in [-0.3, -0.25) is 9.89 Å². The highest BCUT2D eigenvalue weighted by Crippen LogP contribution is 2.11. The fourth-order valence-electron chi connectivity index (χ4n) is 1.18. The van der Waals surface area contributed by atoms with E-state index in [1.54, 1.807) is 0 Å². The van der Waals surface area contributed by atoms with Crippen molar-refractivity contribution in [2.75, 3.05) is 0 Å². The van der Waals surface area contributed by atoms with Gasteiger partial charge in [-0.25, -0.2) is 0 Å². The predicted octanol–water partition coefficient (Wildman–Crippen LogP) is -0.0191. The van der Waals surface area contributed by atoms with Gasteiger partial charge in [-0.15, -0.1) is 0 Å². The number of aliphatic carboxylic acids is 1. The standard InChI is InChI=1S/C8H13N3O2/c1-4-6(5(2)11-10-4)3-7(9)8(12)13/h7H,3,9H2,1-2H3,(H,10,11)(H,12,13)/t7-/m0/s1. The predicted molar refractivity (Wildman–Crippen MR) is 47.4 cm³/mol. The van der Waals surface area contributed by atoms with Gasteiger partial charge in [0.05, 0.1) is 5.69 Å². The summed E-state index contributed by atoms with van der Waals surface area (Å²) >= 11 is 0. The number of nitrogens with two attached hydrogens (primary N) is 1. The lowest BCUT2D eigenvalue weighted by atomic mass is 10.1. The number of aromatic nitrogens is 2. The minimum atomic E-state index is -0.986. The Morgan fingerprint density at radius 2 is 2.31 bits per heavy atom. The van der Waals surface area contributed by atoms with Crippen molar-refractivity contribution in [2.45, 2.75) is 26.3 Å². The van der Waals surface area contributed by atoms with E-state index in [4.69, 9.17) is 10.8 Å². The van der Waals surface area contributed by atoms with E-state index in [1.807, 2.05) is 13.8 Å². The van der Waals surface area contributed by atoms with E-state index in [9.17, 15) is 4.79 Å². The molecule has 0 saturated heterocycles. The number of nitrogens with one attached hydrogen (secondary N) is 1. The number of hydrogen-bond acceptors (Lipinski definition) is 3. The Hall–Kier alpha value is -1.36. The van der Waals surface area contributed by atoms with Crippen molar-refractivity contribution < 1.29 is 9.90 Å². The fourth-order valence-corrected chi connectivity index (χ4v) is 1.18. The Morgan fingerprint density at radius 1 is 1.69 bits per heavy atom. The van der Waals surface area contributed by atoms with Gasteiger partial charge in [0.25, 0.3) is 0 Å². The number of aromatic amines is 1. The number of carboxylic acids is 1. The molecule has 0 aliphatic heterocycles. The Balaban J connectivity index is 2.79. The van der Waals surface area contributed by atoms with Crippen molar-refractivity contribution in [3.05, 3.63) is 17.0 Å². The van der Waals surface area contributed by atoms with Crippen LogP contribution in [0.3, 0.4) is 0 Å². The monoisotopic (exact) mass is 183 g/mol. The van der Waals surface area contributed by atoms with Crippen LogP contribution in [-0.2, 0) is 11.2 Å². The van der Waals surface area contributed by atoms with Crippen molar-refractivity contribution in [3.8, 4) is 0 Å². The molecular formula is C8H13N3O2. The number of carboxylic acid groups (broad SMARTS) is 1. The van der Waals surface area contributed by atoms with E-state index >= 15 is 0 Å². The number of aryl methyl sites for hydroxylation is 2. The number of H-pyrrole nitrogens is 1. The van der Waals surface area contributed by atoms with Crippen LogP contribution >= 0.6 is 0 Å². The van der Waals surface area contributed by atoms with Gasteiger partial charge in [-0.1, -0.05) is 0 Å². The average Bonchev–Trinajstić information content (AvgIpc) is 2.35. The van der Waals surface area contributed by atoms with Crippen LogP contribution < -0.4 is 5.73 Å². The molecule has 0 aromatic carbocycles. The summed E-state index contributed by atoms with van der Waals surface area (Å²) in [7, 11) is 0. The van der Waals surface area contributed by atoms with Gasteiger partial charge in [-0.2, -0.15) is 5.10 Å². The van der Waals surface area contributed by atoms with E-state index in [-0.39, 0.29) is 0 Å². The van der Waals surface area contributed by atoms with Crippen molar-refractivity contribution in [1.29, 1.82) is 0 Å². The lowest BCUT2D eigenvalue weighted by Gasteiger charge is -2.05. The normalized spacial score (nSPS) is 12.8. The van der Waals surface area contributed by atoms with Crippen LogP contribution in [0.15, 0.2) is 0 Å². The molecule has 0 bridgehead atoms. The summed E-state index contributed by atoms with van der Waals surface area (Å²) in [6.07, 6.45) is 0.323. The molecule has 4 N–H and O–H groups in total. The lowest BCUT2D eigenvalue weighted by molar-refractivity contribution is -0.138. The minimum Gasteiger partial charge on any atom is -0.480 e. The van der Waals surface area contributed by atoms with Gasteiger partial charge >= 0.3 is 5.97 Å². The highest BCUT2D eigenvalue weighted by atomic mass is 16.4. The van der Waals surface area contributed by atoms with Gasteiger partial charge in [0, 0.05) is 12.1 Å². The summed E-state index contributed by atoms with van der Waals surface area (Å²) in [5.74, 6) is -0.986. The third kappa shape index (κ3) is 2.06. The zero-order valence-corrected chi connectivity index (χ0v) is 7.66. The first-order chi connectivity index (χ1) is 6.02. The van der Waals surface area contributed by atoms with E-state index < -0.39 is 12.0 Å². The van der Waals surface area contributed by atoms with Crippen molar-refractivity contribution in [2.24, 2.45) is 5.73 Å². The molecule has 0 unspecified atom stereocenters. The van der Waals surface area contributed by atoms with Gasteiger partial charge in [0.15, 0.2) is 0 Å². The molecule has 0 saturated carbocycles. The second kappa shape index (κ2) is 3.57. The summed E-state index contributed by atoms with van der Waals surface area (Å²) < 4.78 is 0. The molecule has 13 heavy (non-hydrogen) atoms. The maximum absolute atomic E-state index is 10.5. The number of hydrogen-bond donors (Lipinski definition) is 3. The van der Waals surface area contributed by atoms with Crippen LogP contribution in [0.25, 0.3) is 0 Å². The lowest BCUT2D eigenvalue weighted by Crippen LogP contribution is -2.32. The second-order valence-electron chi connectivity index (χ2n) is 3.06. The molecule has 1 aromatic rings. The third-order valence-corrected chi connectivity index (χ3v) is 2.02. The molecule has 0 aliphatic carbocycles. The zero-order valence-electron chi connectivity index (χ0n) is 7.66. The van der Waals surface area contributed by atoms with Gasteiger partial charge in [0.1, 0.15) is 6.04 Å². The SMILES string of the molecule is Cc1n[nH]c(C)c1C[C@H](N)C(=O)O. The van der Waals surface area contributed by atoms with Gasteiger partial charge in [-0.05, 0) is 19.4 Å². The van der Waals surface area contributed by atoms with Crippen LogP contribution in [0, 0.1) is 13.8 Å². The fraction of sp³-hybridized carbons (Fsp3) is 0.500. The quantitative estimate of drug-likeness (QED) is 0.614. The summed E-state index contributed by atoms with van der Waals surface area (Å²) in [5, 5.41) is 15.3. The molecule has 1 aromatic heterocycles. The number of rotatable bonds is 3. The topological polar surface area (TPSA) is 92.0 Å². The number of carbonyl (C=O) groups is 1. The molecule has 72 valence electrons. The Morgan fingerprint density at radius 3 is 2.69 bits per heavy atom. The molecule has 1 atom stereocenters. The first-order valence-electron chi connectivity index (χ1n) is 4.01. The summed E-state index contributed by atoms with van der Waals surface area (Å²) in [6.45, 7) is 3.68. The molecular weight excluding hydrogens is 170 g/mol.